The highest BCUT2D eigenvalue weighted by atomic mass is 19.3. The van der Waals surface area contributed by atoms with Gasteiger partial charge in [0, 0.05) is 20.0 Å². The van der Waals surface area contributed by atoms with Crippen LogP contribution >= 0.6 is 0 Å². The van der Waals surface area contributed by atoms with Crippen LogP contribution in [0.5, 0.6) is 0 Å². The Labute approximate surface area is 189 Å². The number of carbonyl (C=O) groups is 1. The molecule has 7 nitrogen and oxygen atoms in total. The van der Waals surface area contributed by atoms with Crippen LogP contribution in [0.3, 0.4) is 0 Å². The van der Waals surface area contributed by atoms with E-state index in [1.807, 2.05) is 0 Å². The van der Waals surface area contributed by atoms with Crippen molar-refractivity contribution in [2.75, 3.05) is 40.3 Å². The second kappa shape index (κ2) is 17.9. The van der Waals surface area contributed by atoms with Gasteiger partial charge in [-0.2, -0.15) is 0 Å². The van der Waals surface area contributed by atoms with Crippen molar-refractivity contribution in [3.63, 3.8) is 0 Å². The highest BCUT2D eigenvalue weighted by Gasteiger charge is 2.32. The number of hydrogen-bond acceptors (Lipinski definition) is 7. The van der Waals surface area contributed by atoms with Crippen LogP contribution in [0.1, 0.15) is 50.7 Å². The summed E-state index contributed by atoms with van der Waals surface area (Å²) in [5.74, 6) is -3.11. The number of hydroxylamine groups is 1. The number of ketones is 1. The van der Waals surface area contributed by atoms with E-state index in [0.29, 0.717) is 12.1 Å². The molecule has 2 aliphatic heterocycles. The molecule has 2 aliphatic rings. The molecule has 10 heteroatoms. The van der Waals surface area contributed by atoms with Gasteiger partial charge in [-0.1, -0.05) is 25.0 Å². The monoisotopic (exact) mass is 464 g/mol. The van der Waals surface area contributed by atoms with Gasteiger partial charge in [0.05, 0.1) is 19.7 Å². The van der Waals surface area contributed by atoms with Crippen molar-refractivity contribution in [1.29, 1.82) is 0 Å². The zero-order valence-corrected chi connectivity index (χ0v) is 19.3. The smallest absolute Gasteiger partial charge is 0.261 e. The molecule has 2 atom stereocenters. The summed E-state index contributed by atoms with van der Waals surface area (Å²) in [6, 6.07) is 4.28. The van der Waals surface area contributed by atoms with Gasteiger partial charge in [0.1, 0.15) is 17.7 Å². The van der Waals surface area contributed by atoms with Gasteiger partial charge in [0.15, 0.2) is 0 Å². The summed E-state index contributed by atoms with van der Waals surface area (Å²) >= 11 is 0. The standard InChI is InChI=1S/C10H12FNO2.C6H13N.C4H7F2N.C2H7NO/c1-6(13)9(12)10(14)7-2-4-8(11)5-3-7;1-2-4-6-7-5-3-1;5-4(6)1-2-7-3-4;1-3-4-2/h2-5,9-10,14H,12H2,1H3;7H,1-6H2;7H,1-3H2;3H,1-2H3/t9-,10-;;;/m0.../s1. The predicted octanol–water partition coefficient (Wildman–Crippen LogP) is 2.31. The van der Waals surface area contributed by atoms with Gasteiger partial charge in [-0.15, -0.1) is 0 Å². The van der Waals surface area contributed by atoms with Crippen LogP contribution in [0, 0.1) is 5.82 Å². The van der Waals surface area contributed by atoms with Crippen LogP contribution in [0.25, 0.3) is 0 Å². The van der Waals surface area contributed by atoms with Gasteiger partial charge < -0.3 is 26.3 Å². The molecule has 0 aromatic heterocycles. The molecule has 3 rings (SSSR count). The summed E-state index contributed by atoms with van der Waals surface area (Å²) in [4.78, 5) is 15.2. The number of rotatable bonds is 4. The normalized spacial score (nSPS) is 18.9. The molecule has 0 radical (unpaired) electrons. The van der Waals surface area contributed by atoms with Gasteiger partial charge >= 0.3 is 0 Å². The molecule has 2 saturated heterocycles. The number of Topliss-reactive ketones (excluding diaryl/α,β-unsaturated/α-hetero) is 1. The van der Waals surface area contributed by atoms with Crippen molar-refractivity contribution >= 4 is 5.78 Å². The first-order valence-corrected chi connectivity index (χ1v) is 10.8. The van der Waals surface area contributed by atoms with E-state index >= 15 is 0 Å². The molecule has 186 valence electrons. The Balaban J connectivity index is 0.000000448. The third-order valence-corrected chi connectivity index (χ3v) is 4.73. The molecule has 0 amide bonds. The minimum atomic E-state index is -2.42. The molecule has 0 spiro atoms. The Kier molecular flexibility index (Phi) is 17.1. The molecule has 1 aromatic rings. The fraction of sp³-hybridized carbons (Fsp3) is 0.682. The topological polar surface area (TPSA) is 109 Å². The molecular weight excluding hydrogens is 425 g/mol. The first kappa shape index (κ1) is 30.4. The first-order chi connectivity index (χ1) is 15.1. The third-order valence-electron chi connectivity index (χ3n) is 4.73. The Morgan fingerprint density at radius 3 is 2.00 bits per heavy atom. The largest absolute Gasteiger partial charge is 0.386 e. The lowest BCUT2D eigenvalue weighted by atomic mass is 10.0. The Bertz CT molecular complexity index is 577. The molecule has 1 aromatic carbocycles. The van der Waals surface area contributed by atoms with Crippen LogP contribution in [-0.4, -0.2) is 63.2 Å². The van der Waals surface area contributed by atoms with Gasteiger partial charge in [-0.3, -0.25) is 4.79 Å². The van der Waals surface area contributed by atoms with E-state index in [4.69, 9.17) is 5.73 Å². The second-order valence-electron chi connectivity index (χ2n) is 7.49. The Hall–Kier alpha value is -1.56. The van der Waals surface area contributed by atoms with E-state index in [9.17, 15) is 23.1 Å². The maximum Gasteiger partial charge on any atom is 0.261 e. The van der Waals surface area contributed by atoms with Crippen molar-refractivity contribution in [1.82, 2.24) is 16.1 Å². The number of aliphatic hydroxyl groups is 1. The van der Waals surface area contributed by atoms with E-state index in [-0.39, 0.29) is 18.7 Å². The lowest BCUT2D eigenvalue weighted by molar-refractivity contribution is -0.120. The van der Waals surface area contributed by atoms with Crippen LogP contribution < -0.4 is 21.8 Å². The molecule has 0 aliphatic carbocycles. The maximum atomic E-state index is 12.5. The van der Waals surface area contributed by atoms with Crippen LogP contribution in [0.4, 0.5) is 13.2 Å². The van der Waals surface area contributed by atoms with E-state index in [1.54, 1.807) is 14.2 Å². The summed E-state index contributed by atoms with van der Waals surface area (Å²) in [6.45, 7) is 4.14. The number of halogens is 3. The number of nitrogens with two attached hydrogens (primary N) is 1. The third kappa shape index (κ3) is 15.3. The number of alkyl halides is 2. The number of hydrogen-bond donors (Lipinski definition) is 5. The average Bonchev–Trinajstić information content (AvgIpc) is 3.00. The quantitative estimate of drug-likeness (QED) is 0.435. The second-order valence-corrected chi connectivity index (χ2v) is 7.49. The summed E-state index contributed by atoms with van der Waals surface area (Å²) in [5.41, 5.74) is 8.31. The number of benzene rings is 1. The molecule has 0 unspecified atom stereocenters. The molecule has 0 bridgehead atoms. The molecule has 0 saturated carbocycles. The molecule has 2 heterocycles. The fourth-order valence-electron chi connectivity index (χ4n) is 2.70. The fourth-order valence-corrected chi connectivity index (χ4v) is 2.70. The first-order valence-electron chi connectivity index (χ1n) is 10.8. The van der Waals surface area contributed by atoms with Crippen molar-refractivity contribution in [3.05, 3.63) is 35.6 Å². The number of aliphatic hydroxyl groups excluding tert-OH is 1. The summed E-state index contributed by atoms with van der Waals surface area (Å²) in [7, 11) is 3.28. The lowest BCUT2D eigenvalue weighted by Crippen LogP contribution is -2.35. The maximum absolute atomic E-state index is 12.5. The van der Waals surface area contributed by atoms with Crippen molar-refractivity contribution in [2.24, 2.45) is 5.73 Å². The van der Waals surface area contributed by atoms with Gasteiger partial charge in [0.2, 0.25) is 0 Å². The van der Waals surface area contributed by atoms with Crippen molar-refractivity contribution < 1.29 is 27.9 Å². The molecular formula is C22H39F3N4O3. The highest BCUT2D eigenvalue weighted by Crippen LogP contribution is 2.20. The summed E-state index contributed by atoms with van der Waals surface area (Å²) in [5, 5.41) is 15.5. The predicted molar refractivity (Wildman–Crippen MR) is 120 cm³/mol. The average molecular weight is 465 g/mol. The van der Waals surface area contributed by atoms with E-state index in [2.05, 4.69) is 21.0 Å². The minimum Gasteiger partial charge on any atom is -0.386 e. The SMILES string of the molecule is C1CCCNCC1.CC(=O)[C@H](N)[C@@H](O)c1ccc(F)cc1.CNOC.FC1(F)CCNC1. The highest BCUT2D eigenvalue weighted by molar-refractivity contribution is 5.82. The van der Waals surface area contributed by atoms with Crippen LogP contribution in [0.2, 0.25) is 0 Å². The summed E-state index contributed by atoms with van der Waals surface area (Å²) in [6.07, 6.45) is 4.58. The van der Waals surface area contributed by atoms with Gasteiger partial charge in [0.25, 0.3) is 5.92 Å². The summed E-state index contributed by atoms with van der Waals surface area (Å²) < 4.78 is 36.3. The molecule has 2 fully saturated rings. The van der Waals surface area contributed by atoms with Crippen molar-refractivity contribution in [3.8, 4) is 0 Å². The lowest BCUT2D eigenvalue weighted by Gasteiger charge is -2.16. The number of carbonyl (C=O) groups excluding carboxylic acids is 1. The number of nitrogens with one attached hydrogen (secondary N) is 3. The zero-order valence-electron chi connectivity index (χ0n) is 19.3. The van der Waals surface area contributed by atoms with Gasteiger partial charge in [-0.05, 0) is 50.6 Å². The van der Waals surface area contributed by atoms with E-state index in [0.717, 1.165) is 0 Å². The molecule has 32 heavy (non-hydrogen) atoms. The van der Waals surface area contributed by atoms with Crippen molar-refractivity contribution in [2.45, 2.75) is 57.1 Å². The van der Waals surface area contributed by atoms with E-state index in [1.165, 1.54) is 70.0 Å². The Morgan fingerprint density at radius 2 is 1.66 bits per heavy atom. The Morgan fingerprint density at radius 1 is 1.12 bits per heavy atom. The van der Waals surface area contributed by atoms with Crippen LogP contribution in [-0.2, 0) is 9.63 Å². The zero-order chi connectivity index (χ0) is 24.4. The van der Waals surface area contributed by atoms with Gasteiger partial charge in [-0.25, -0.2) is 18.7 Å². The van der Waals surface area contributed by atoms with E-state index < -0.39 is 23.9 Å². The molecule has 6 N–H and O–H groups in total. The minimum absolute atomic E-state index is 0.00694. The van der Waals surface area contributed by atoms with Crippen LogP contribution in [0.15, 0.2) is 24.3 Å².